The molecule has 0 N–H and O–H groups in total. The molecule has 186 valence electrons. The normalized spacial score (nSPS) is 12.3. The lowest BCUT2D eigenvalue weighted by Gasteiger charge is -2.43. The zero-order chi connectivity index (χ0) is 25.2. The van der Waals surface area contributed by atoms with Gasteiger partial charge in [0.15, 0.2) is 0 Å². The monoisotopic (exact) mass is 483 g/mol. The maximum absolute atomic E-state index is 12.7. The Kier molecular flexibility index (Phi) is 10.1. The molecule has 0 aliphatic heterocycles. The minimum absolute atomic E-state index is 0.0927. The average Bonchev–Trinajstić information content (AvgIpc) is 2.77. The molecule has 2 rings (SSSR count). The number of hydrogen-bond acceptors (Lipinski definition) is 4. The highest BCUT2D eigenvalue weighted by molar-refractivity contribution is 6.99. The van der Waals surface area contributed by atoms with E-state index in [-0.39, 0.29) is 11.1 Å². The van der Waals surface area contributed by atoms with Gasteiger partial charge in [0.25, 0.3) is 8.32 Å². The van der Waals surface area contributed by atoms with Crippen molar-refractivity contribution < 1.29 is 18.8 Å². The van der Waals surface area contributed by atoms with E-state index in [2.05, 4.69) is 69.3 Å². The second kappa shape index (κ2) is 12.3. The van der Waals surface area contributed by atoms with Gasteiger partial charge in [0, 0.05) is 26.1 Å². The third kappa shape index (κ3) is 7.54. The lowest BCUT2D eigenvalue weighted by Crippen LogP contribution is -2.66. The quantitative estimate of drug-likeness (QED) is 0.251. The number of carbonyl (C=O) groups excluding carboxylic acids is 2. The molecule has 34 heavy (non-hydrogen) atoms. The number of amides is 1. The molecule has 0 aliphatic carbocycles. The van der Waals surface area contributed by atoms with Crippen molar-refractivity contribution in [2.75, 3.05) is 19.7 Å². The summed E-state index contributed by atoms with van der Waals surface area (Å²) in [6.45, 7) is 13.9. The molecule has 0 spiro atoms. The van der Waals surface area contributed by atoms with E-state index in [1.807, 2.05) is 32.9 Å². The van der Waals surface area contributed by atoms with E-state index in [1.165, 1.54) is 10.4 Å². The molecule has 0 bridgehead atoms. The van der Waals surface area contributed by atoms with Crippen LogP contribution in [-0.4, -0.2) is 50.9 Å². The Labute approximate surface area is 206 Å². The summed E-state index contributed by atoms with van der Waals surface area (Å²) in [6.07, 6.45) is 2.28. The summed E-state index contributed by atoms with van der Waals surface area (Å²) >= 11 is 0. The lowest BCUT2D eigenvalue weighted by atomic mass is 10.2. The lowest BCUT2D eigenvalue weighted by molar-refractivity contribution is -0.108. The maximum atomic E-state index is 12.7. The number of nitrogens with zero attached hydrogens (tertiary/aromatic N) is 1. The van der Waals surface area contributed by atoms with E-state index in [9.17, 15) is 9.59 Å². The van der Waals surface area contributed by atoms with Crippen LogP contribution in [0.5, 0.6) is 0 Å². The summed E-state index contributed by atoms with van der Waals surface area (Å²) in [5.41, 5.74) is -0.564. The van der Waals surface area contributed by atoms with Gasteiger partial charge in [0.2, 0.25) is 0 Å². The molecule has 0 aromatic heterocycles. The van der Waals surface area contributed by atoms with E-state index in [0.29, 0.717) is 39.0 Å². The van der Waals surface area contributed by atoms with Crippen molar-refractivity contribution in [3.8, 4) is 0 Å². The largest absolute Gasteiger partial charge is 0.444 e. The molecule has 5 nitrogen and oxygen atoms in total. The number of unbranched alkanes of at least 4 members (excludes halogenated alkanes) is 1. The SMILES string of the molecule is CC(C)(C)OC(=O)N(CCCC=O)CCCO[Si](c1ccccc1)(c1ccccc1)C(C)(C)C. The van der Waals surface area contributed by atoms with Gasteiger partial charge in [0.1, 0.15) is 11.9 Å². The van der Waals surface area contributed by atoms with Crippen molar-refractivity contribution in [3.63, 3.8) is 0 Å². The van der Waals surface area contributed by atoms with E-state index < -0.39 is 13.9 Å². The summed E-state index contributed by atoms with van der Waals surface area (Å²) in [5, 5.41) is 2.39. The highest BCUT2D eigenvalue weighted by atomic mass is 28.4. The van der Waals surface area contributed by atoms with E-state index in [0.717, 1.165) is 6.29 Å². The fraction of sp³-hybridized carbons (Fsp3) is 0.500. The predicted octanol–water partition coefficient (Wildman–Crippen LogP) is 5.17. The van der Waals surface area contributed by atoms with Crippen LogP contribution in [0.15, 0.2) is 60.7 Å². The van der Waals surface area contributed by atoms with Crippen LogP contribution in [0, 0.1) is 0 Å². The van der Waals surface area contributed by atoms with Crippen LogP contribution in [0.3, 0.4) is 0 Å². The molecule has 2 aromatic carbocycles. The first-order chi connectivity index (χ1) is 16.0. The molecule has 0 saturated carbocycles. The van der Waals surface area contributed by atoms with Gasteiger partial charge < -0.3 is 18.9 Å². The first-order valence-corrected chi connectivity index (χ1v) is 14.1. The Balaban J connectivity index is 2.22. The molecule has 0 unspecified atom stereocenters. The van der Waals surface area contributed by atoms with Gasteiger partial charge in [-0.05, 0) is 49.0 Å². The molecular formula is C28H41NO4Si. The first kappa shape index (κ1) is 27.8. The highest BCUT2D eigenvalue weighted by Crippen LogP contribution is 2.36. The van der Waals surface area contributed by atoms with Crippen molar-refractivity contribution in [2.24, 2.45) is 0 Å². The number of hydrogen-bond donors (Lipinski definition) is 0. The Morgan fingerprint density at radius 2 is 1.35 bits per heavy atom. The van der Waals surface area contributed by atoms with Crippen LogP contribution in [0.25, 0.3) is 0 Å². The van der Waals surface area contributed by atoms with E-state index in [1.54, 1.807) is 4.90 Å². The first-order valence-electron chi connectivity index (χ1n) is 12.2. The topological polar surface area (TPSA) is 55.8 Å². The van der Waals surface area contributed by atoms with Gasteiger partial charge in [0.05, 0.1) is 0 Å². The molecule has 0 fully saturated rings. The molecule has 2 aromatic rings. The van der Waals surface area contributed by atoms with Crippen LogP contribution in [-0.2, 0) is 14.0 Å². The van der Waals surface area contributed by atoms with Crippen molar-refractivity contribution >= 4 is 31.1 Å². The molecule has 0 heterocycles. The van der Waals surface area contributed by atoms with Crippen molar-refractivity contribution in [1.29, 1.82) is 0 Å². The summed E-state index contributed by atoms with van der Waals surface area (Å²) < 4.78 is 12.5. The highest BCUT2D eigenvalue weighted by Gasteiger charge is 2.49. The molecule has 6 heteroatoms. The van der Waals surface area contributed by atoms with Crippen LogP contribution >= 0.6 is 0 Å². The van der Waals surface area contributed by atoms with Crippen LogP contribution in [0.2, 0.25) is 5.04 Å². The second-order valence-corrected chi connectivity index (χ2v) is 14.9. The number of carbonyl (C=O) groups is 2. The third-order valence-electron chi connectivity index (χ3n) is 5.71. The molecule has 0 aliphatic rings. The Hall–Kier alpha value is -2.44. The maximum Gasteiger partial charge on any atom is 0.410 e. The van der Waals surface area contributed by atoms with Gasteiger partial charge in [-0.25, -0.2) is 4.79 Å². The minimum Gasteiger partial charge on any atom is -0.444 e. The van der Waals surface area contributed by atoms with Gasteiger partial charge in [-0.1, -0.05) is 81.4 Å². The summed E-state index contributed by atoms with van der Waals surface area (Å²) in [4.78, 5) is 25.2. The van der Waals surface area contributed by atoms with Gasteiger partial charge >= 0.3 is 6.09 Å². The van der Waals surface area contributed by atoms with Crippen molar-refractivity contribution in [2.45, 2.75) is 71.4 Å². The van der Waals surface area contributed by atoms with Crippen molar-refractivity contribution in [3.05, 3.63) is 60.7 Å². The summed E-state index contributed by atoms with van der Waals surface area (Å²) in [6, 6.07) is 21.1. The zero-order valence-corrected chi connectivity index (χ0v) is 22.7. The summed E-state index contributed by atoms with van der Waals surface area (Å²) in [5.74, 6) is 0. The van der Waals surface area contributed by atoms with Gasteiger partial charge in [-0.15, -0.1) is 0 Å². The van der Waals surface area contributed by atoms with E-state index in [4.69, 9.17) is 9.16 Å². The number of aldehydes is 1. The molecule has 0 radical (unpaired) electrons. The Bertz CT molecular complexity index is 849. The van der Waals surface area contributed by atoms with Crippen LogP contribution < -0.4 is 10.4 Å². The number of rotatable bonds is 11. The second-order valence-electron chi connectivity index (χ2n) is 10.6. The molecular weight excluding hydrogens is 442 g/mol. The number of benzene rings is 2. The van der Waals surface area contributed by atoms with Crippen LogP contribution in [0.4, 0.5) is 4.79 Å². The fourth-order valence-corrected chi connectivity index (χ4v) is 8.83. The standard InChI is InChI=1S/C28H41NO4Si/c1-27(2,3)33-26(31)29(20-13-14-22-30)21-15-23-32-34(28(4,5)6,24-16-9-7-10-17-24)25-18-11-8-12-19-25/h7-12,16-19,22H,13-15,20-21,23H2,1-6H3. The molecule has 0 atom stereocenters. The third-order valence-corrected chi connectivity index (χ3v) is 10.8. The van der Waals surface area contributed by atoms with Crippen molar-refractivity contribution in [1.82, 2.24) is 4.90 Å². The number of ether oxygens (including phenoxy) is 1. The predicted molar refractivity (Wildman–Crippen MR) is 141 cm³/mol. The van der Waals surface area contributed by atoms with Gasteiger partial charge in [-0.2, -0.15) is 0 Å². The molecule has 0 saturated heterocycles. The van der Waals surface area contributed by atoms with Crippen LogP contribution in [0.1, 0.15) is 60.8 Å². The smallest absolute Gasteiger partial charge is 0.410 e. The Morgan fingerprint density at radius 1 is 0.853 bits per heavy atom. The average molecular weight is 484 g/mol. The fourth-order valence-electron chi connectivity index (χ4n) is 4.23. The summed E-state index contributed by atoms with van der Waals surface area (Å²) in [7, 11) is -2.60. The van der Waals surface area contributed by atoms with Gasteiger partial charge in [-0.3, -0.25) is 0 Å². The van der Waals surface area contributed by atoms with E-state index >= 15 is 0 Å². The minimum atomic E-state index is -2.60. The Morgan fingerprint density at radius 3 is 1.79 bits per heavy atom. The molecule has 1 amide bonds. The zero-order valence-electron chi connectivity index (χ0n) is 21.7.